The highest BCUT2D eigenvalue weighted by Gasteiger charge is 2.38. The summed E-state index contributed by atoms with van der Waals surface area (Å²) in [6.45, 7) is 11.7. The molecule has 138 valence electrons. The molecule has 0 aliphatic carbocycles. The third-order valence-electron chi connectivity index (χ3n) is 5.96. The molecule has 0 aromatic heterocycles. The Bertz CT molecular complexity index is 581. The zero-order chi connectivity index (χ0) is 18.0. The number of benzene rings is 1. The van der Waals surface area contributed by atoms with Crippen LogP contribution in [-0.4, -0.2) is 67.1 Å². The summed E-state index contributed by atoms with van der Waals surface area (Å²) in [5.41, 5.74) is 7.55. The van der Waals surface area contributed by atoms with E-state index in [2.05, 4.69) is 54.8 Å². The number of carbonyl (C=O) groups excluding carboxylic acids is 1. The van der Waals surface area contributed by atoms with Gasteiger partial charge in [-0.05, 0) is 30.9 Å². The van der Waals surface area contributed by atoms with Crippen LogP contribution in [0.4, 0.5) is 5.69 Å². The number of carbonyl (C=O) groups is 1. The molecule has 5 nitrogen and oxygen atoms in total. The van der Waals surface area contributed by atoms with E-state index in [9.17, 15) is 4.79 Å². The predicted molar refractivity (Wildman–Crippen MR) is 103 cm³/mol. The molecule has 1 amide bonds. The van der Waals surface area contributed by atoms with Crippen LogP contribution in [0, 0.1) is 5.41 Å². The molecule has 0 spiro atoms. The highest BCUT2D eigenvalue weighted by atomic mass is 16.2. The first kappa shape index (κ1) is 18.2. The number of nitrogens with two attached hydrogens (primary N) is 1. The van der Waals surface area contributed by atoms with Gasteiger partial charge in [-0.2, -0.15) is 0 Å². The molecule has 1 aromatic carbocycles. The molecule has 2 N–H and O–H groups in total. The van der Waals surface area contributed by atoms with Crippen molar-refractivity contribution in [1.82, 2.24) is 9.80 Å². The second kappa shape index (κ2) is 7.34. The van der Waals surface area contributed by atoms with Gasteiger partial charge in [0.15, 0.2) is 0 Å². The number of para-hydroxylation sites is 1. The van der Waals surface area contributed by atoms with Gasteiger partial charge in [-0.1, -0.05) is 32.0 Å². The molecule has 5 heteroatoms. The molecule has 2 unspecified atom stereocenters. The fraction of sp³-hybridized carbons (Fsp3) is 0.650. The summed E-state index contributed by atoms with van der Waals surface area (Å²) in [6.07, 6.45) is 0.965. The normalized spacial score (nSPS) is 25.7. The molecule has 2 aliphatic rings. The first-order valence-electron chi connectivity index (χ1n) is 9.47. The molecule has 2 atom stereocenters. The van der Waals surface area contributed by atoms with Crippen LogP contribution in [0.5, 0.6) is 0 Å². The van der Waals surface area contributed by atoms with Crippen molar-refractivity contribution >= 4 is 11.6 Å². The minimum atomic E-state index is -0.0601. The summed E-state index contributed by atoms with van der Waals surface area (Å²) < 4.78 is 0. The van der Waals surface area contributed by atoms with Crippen LogP contribution >= 0.6 is 0 Å². The Morgan fingerprint density at radius 2 is 1.76 bits per heavy atom. The molecule has 0 bridgehead atoms. The van der Waals surface area contributed by atoms with Gasteiger partial charge in [0, 0.05) is 51.0 Å². The lowest BCUT2D eigenvalue weighted by Crippen LogP contribution is -2.59. The number of piperazine rings is 1. The molecule has 0 saturated carbocycles. The van der Waals surface area contributed by atoms with Crippen LogP contribution in [0.3, 0.4) is 0 Å². The lowest BCUT2D eigenvalue weighted by molar-refractivity contribution is -0.138. The van der Waals surface area contributed by atoms with E-state index in [0.29, 0.717) is 0 Å². The summed E-state index contributed by atoms with van der Waals surface area (Å²) in [5.74, 6) is 0.263. The van der Waals surface area contributed by atoms with E-state index in [4.69, 9.17) is 5.73 Å². The van der Waals surface area contributed by atoms with Crippen LogP contribution in [-0.2, 0) is 4.79 Å². The van der Waals surface area contributed by atoms with E-state index >= 15 is 0 Å². The number of likely N-dealkylation sites (tertiary alicyclic amines) is 1. The van der Waals surface area contributed by atoms with Crippen LogP contribution < -0.4 is 10.6 Å². The maximum Gasteiger partial charge on any atom is 0.239 e. The Labute approximate surface area is 151 Å². The lowest BCUT2D eigenvalue weighted by Gasteiger charge is -2.46. The molecule has 3 rings (SSSR count). The van der Waals surface area contributed by atoms with E-state index in [1.54, 1.807) is 0 Å². The average Bonchev–Trinajstić information content (AvgIpc) is 2.63. The Morgan fingerprint density at radius 1 is 1.12 bits per heavy atom. The molecule has 25 heavy (non-hydrogen) atoms. The van der Waals surface area contributed by atoms with E-state index in [-0.39, 0.29) is 23.4 Å². The van der Waals surface area contributed by atoms with Crippen LogP contribution in [0.25, 0.3) is 0 Å². The maximum absolute atomic E-state index is 13.0. The number of hydrogen-bond acceptors (Lipinski definition) is 4. The topological polar surface area (TPSA) is 52.8 Å². The second-order valence-electron chi connectivity index (χ2n) is 8.18. The van der Waals surface area contributed by atoms with Gasteiger partial charge in [0.25, 0.3) is 0 Å². The molecule has 2 saturated heterocycles. The van der Waals surface area contributed by atoms with Gasteiger partial charge in [-0.25, -0.2) is 0 Å². The number of anilines is 1. The van der Waals surface area contributed by atoms with Gasteiger partial charge in [-0.15, -0.1) is 0 Å². The number of rotatable bonds is 3. The van der Waals surface area contributed by atoms with Crippen LogP contribution in [0.1, 0.15) is 27.2 Å². The Balaban J connectivity index is 1.55. The first-order chi connectivity index (χ1) is 11.9. The van der Waals surface area contributed by atoms with E-state index in [1.807, 2.05) is 11.0 Å². The number of nitrogens with zero attached hydrogens (tertiary/aromatic N) is 3. The van der Waals surface area contributed by atoms with Gasteiger partial charge in [0.05, 0.1) is 6.04 Å². The summed E-state index contributed by atoms with van der Waals surface area (Å²) in [5, 5.41) is 0. The Kier molecular flexibility index (Phi) is 5.35. The average molecular weight is 345 g/mol. The van der Waals surface area contributed by atoms with E-state index < -0.39 is 0 Å². The summed E-state index contributed by atoms with van der Waals surface area (Å²) in [4.78, 5) is 19.7. The van der Waals surface area contributed by atoms with Crippen molar-refractivity contribution in [3.05, 3.63) is 30.3 Å². The highest BCUT2D eigenvalue weighted by Crippen LogP contribution is 2.29. The van der Waals surface area contributed by atoms with Gasteiger partial charge in [0.2, 0.25) is 5.91 Å². The third-order valence-corrected chi connectivity index (χ3v) is 5.96. The lowest BCUT2D eigenvalue weighted by atomic mass is 9.79. The van der Waals surface area contributed by atoms with Crippen molar-refractivity contribution in [3.8, 4) is 0 Å². The molecule has 2 heterocycles. The van der Waals surface area contributed by atoms with Crippen LogP contribution in [0.15, 0.2) is 30.3 Å². The summed E-state index contributed by atoms with van der Waals surface area (Å²) >= 11 is 0. The maximum atomic E-state index is 13.0. The minimum Gasteiger partial charge on any atom is -0.368 e. The first-order valence-corrected chi connectivity index (χ1v) is 9.47. The van der Waals surface area contributed by atoms with Crippen molar-refractivity contribution < 1.29 is 4.79 Å². The Morgan fingerprint density at radius 3 is 2.36 bits per heavy atom. The number of piperidine rings is 1. The molecular weight excluding hydrogens is 312 g/mol. The summed E-state index contributed by atoms with van der Waals surface area (Å²) in [7, 11) is 0. The monoisotopic (exact) mass is 344 g/mol. The van der Waals surface area contributed by atoms with E-state index in [0.717, 1.165) is 45.7 Å². The summed E-state index contributed by atoms with van der Waals surface area (Å²) in [6, 6.07) is 10.6. The third kappa shape index (κ3) is 3.98. The van der Waals surface area contributed by atoms with Gasteiger partial charge in [-0.3, -0.25) is 9.69 Å². The zero-order valence-corrected chi connectivity index (χ0v) is 15.8. The van der Waals surface area contributed by atoms with Crippen molar-refractivity contribution in [2.24, 2.45) is 11.1 Å². The number of hydrogen-bond donors (Lipinski definition) is 1. The minimum absolute atomic E-state index is 0.0601. The van der Waals surface area contributed by atoms with E-state index in [1.165, 1.54) is 5.69 Å². The SMILES string of the molecule is CC(C(=O)N1CCN(c2ccccc2)CC1)N1CCC(N)C(C)(C)C1. The molecule has 2 aliphatic heterocycles. The zero-order valence-electron chi connectivity index (χ0n) is 15.8. The highest BCUT2D eigenvalue weighted by molar-refractivity contribution is 5.81. The second-order valence-corrected chi connectivity index (χ2v) is 8.18. The van der Waals surface area contributed by atoms with Gasteiger partial charge < -0.3 is 15.5 Å². The largest absolute Gasteiger partial charge is 0.368 e. The smallest absolute Gasteiger partial charge is 0.239 e. The fourth-order valence-electron chi connectivity index (χ4n) is 3.99. The standard InChI is InChI=1S/C20H32N4O/c1-16(24-10-9-18(21)20(2,3)15-24)19(25)23-13-11-22(12-14-23)17-7-5-4-6-8-17/h4-8,16,18H,9-15,21H2,1-3H3. The van der Waals surface area contributed by atoms with Gasteiger partial charge in [0.1, 0.15) is 0 Å². The van der Waals surface area contributed by atoms with Crippen molar-refractivity contribution in [2.75, 3.05) is 44.2 Å². The van der Waals surface area contributed by atoms with Crippen LogP contribution in [0.2, 0.25) is 0 Å². The quantitative estimate of drug-likeness (QED) is 0.908. The molecule has 2 fully saturated rings. The molecule has 0 radical (unpaired) electrons. The van der Waals surface area contributed by atoms with Crippen molar-refractivity contribution in [2.45, 2.75) is 39.3 Å². The molecular formula is C20H32N4O. The van der Waals surface area contributed by atoms with Crippen molar-refractivity contribution in [1.29, 1.82) is 0 Å². The van der Waals surface area contributed by atoms with Gasteiger partial charge >= 0.3 is 0 Å². The Hall–Kier alpha value is -1.59. The molecule has 1 aromatic rings. The fourth-order valence-corrected chi connectivity index (χ4v) is 3.99. The number of amides is 1. The predicted octanol–water partition coefficient (Wildman–Crippen LogP) is 1.78. The van der Waals surface area contributed by atoms with Crippen molar-refractivity contribution in [3.63, 3.8) is 0 Å².